The van der Waals surface area contributed by atoms with Crippen LogP contribution in [0.15, 0.2) is 16.7 Å². The first-order chi connectivity index (χ1) is 9.10. The number of H-pyrrole nitrogens is 1. The molecule has 0 unspecified atom stereocenters. The molecule has 0 saturated heterocycles. The van der Waals surface area contributed by atoms with Crippen LogP contribution >= 0.6 is 0 Å². The lowest BCUT2D eigenvalue weighted by Crippen LogP contribution is -2.14. The molecule has 19 heavy (non-hydrogen) atoms. The lowest BCUT2D eigenvalue weighted by molar-refractivity contribution is 0.0815. The van der Waals surface area contributed by atoms with Gasteiger partial charge in [0.15, 0.2) is 11.2 Å². The molecule has 2 aromatic heterocycles. The van der Waals surface area contributed by atoms with E-state index in [1.807, 2.05) is 0 Å². The van der Waals surface area contributed by atoms with Gasteiger partial charge < -0.3 is 15.9 Å². The molecule has 3 rings (SSSR count). The molecule has 8 nitrogen and oxygen atoms in total. The van der Waals surface area contributed by atoms with Gasteiger partial charge in [-0.05, 0) is 12.0 Å². The summed E-state index contributed by atoms with van der Waals surface area (Å²) in [6, 6.07) is 0. The molecule has 2 heterocycles. The van der Waals surface area contributed by atoms with Crippen molar-refractivity contribution in [3.05, 3.63) is 22.3 Å². The van der Waals surface area contributed by atoms with Crippen molar-refractivity contribution in [2.75, 3.05) is 12.3 Å². The first-order valence-corrected chi connectivity index (χ1v) is 5.82. The molecule has 1 aliphatic carbocycles. The number of imidazole rings is 1. The number of hydrogen-bond acceptors (Lipinski definition) is 6. The molecular formula is C11H13N5O3. The van der Waals surface area contributed by atoms with Gasteiger partial charge in [-0.25, -0.2) is 4.98 Å². The number of anilines is 1. The van der Waals surface area contributed by atoms with Gasteiger partial charge in [-0.15, -0.1) is 0 Å². The number of nitrogen functional groups attached to an aromatic ring is 1. The fourth-order valence-corrected chi connectivity index (χ4v) is 2.07. The van der Waals surface area contributed by atoms with E-state index in [-0.39, 0.29) is 29.5 Å². The van der Waals surface area contributed by atoms with Crippen molar-refractivity contribution in [2.24, 2.45) is 5.92 Å². The van der Waals surface area contributed by atoms with Crippen LogP contribution in [-0.2, 0) is 0 Å². The number of nitrogens with two attached hydrogens (primary N) is 1. The number of aliphatic hydroxyl groups is 2. The monoisotopic (exact) mass is 263 g/mol. The Morgan fingerprint density at radius 2 is 2.47 bits per heavy atom. The van der Waals surface area contributed by atoms with Crippen molar-refractivity contribution < 1.29 is 10.2 Å². The highest BCUT2D eigenvalue weighted by Gasteiger charge is 2.36. The number of nitrogens with zero attached hydrogens (tertiary/aromatic N) is 3. The van der Waals surface area contributed by atoms with Gasteiger partial charge in [-0.3, -0.25) is 14.3 Å². The number of aromatic amines is 1. The first-order valence-electron chi connectivity index (χ1n) is 5.82. The molecule has 0 amide bonds. The number of rotatable bonds is 3. The second kappa shape index (κ2) is 4.18. The van der Waals surface area contributed by atoms with E-state index >= 15 is 0 Å². The predicted octanol–water partition coefficient (Wildman–Crippen LogP) is -1.08. The van der Waals surface area contributed by atoms with E-state index in [4.69, 9.17) is 10.8 Å². The van der Waals surface area contributed by atoms with Crippen LogP contribution in [-0.4, -0.2) is 42.4 Å². The number of aliphatic hydroxyl groups excluding tert-OH is 2. The summed E-state index contributed by atoms with van der Waals surface area (Å²) in [6.07, 6.45) is 3.19. The molecule has 5 N–H and O–H groups in total. The molecular weight excluding hydrogens is 250 g/mol. The van der Waals surface area contributed by atoms with Crippen LogP contribution in [0.25, 0.3) is 17.4 Å². The second-order valence-corrected chi connectivity index (χ2v) is 4.54. The summed E-state index contributed by atoms with van der Waals surface area (Å²) in [4.78, 5) is 22.0. The van der Waals surface area contributed by atoms with Crippen molar-refractivity contribution in [1.29, 1.82) is 0 Å². The van der Waals surface area contributed by atoms with Gasteiger partial charge in [-0.1, -0.05) is 0 Å². The van der Waals surface area contributed by atoms with E-state index in [2.05, 4.69) is 15.0 Å². The second-order valence-electron chi connectivity index (χ2n) is 4.54. The Hall–Kier alpha value is -2.19. The van der Waals surface area contributed by atoms with Crippen molar-refractivity contribution in [3.63, 3.8) is 0 Å². The Labute approximate surface area is 107 Å². The molecule has 100 valence electrons. The molecule has 0 bridgehead atoms. The summed E-state index contributed by atoms with van der Waals surface area (Å²) in [5.74, 6) is -0.0119. The maximum atomic E-state index is 11.6. The fraction of sp³-hybridized carbons (Fsp3) is 0.364. The lowest BCUT2D eigenvalue weighted by atomic mass is 10.2. The topological polar surface area (TPSA) is 130 Å². The minimum absolute atomic E-state index is 0.0281. The molecule has 1 aliphatic rings. The van der Waals surface area contributed by atoms with Gasteiger partial charge in [-0.2, -0.15) is 4.98 Å². The van der Waals surface area contributed by atoms with E-state index in [1.54, 1.807) is 10.8 Å². The zero-order valence-electron chi connectivity index (χ0n) is 9.95. The average molecular weight is 263 g/mol. The first kappa shape index (κ1) is 11.9. The Bertz CT molecular complexity index is 717. The highest BCUT2D eigenvalue weighted by molar-refractivity contribution is 5.73. The van der Waals surface area contributed by atoms with E-state index < -0.39 is 6.10 Å². The molecule has 1 fully saturated rings. The van der Waals surface area contributed by atoms with Crippen molar-refractivity contribution >= 4 is 23.3 Å². The summed E-state index contributed by atoms with van der Waals surface area (Å²) >= 11 is 0. The van der Waals surface area contributed by atoms with Gasteiger partial charge in [0.25, 0.3) is 5.56 Å². The normalized spacial score (nSPS) is 22.0. The number of nitrogens with one attached hydrogen (secondary N) is 1. The Balaban J connectivity index is 2.00. The standard InChI is InChI=1S/C11H13N5O3/c12-11-14-9-8(10(19)15-11)13-4-16(9)2-5-1-6(5)7(18)3-17/h2,4,6-7,17-18H,1,3H2,(H3,12,14,15,19)/b5-2-/t6-,7-/m0/s1. The Morgan fingerprint density at radius 1 is 1.68 bits per heavy atom. The number of fused-ring (bicyclic) bond motifs is 1. The molecule has 2 aromatic rings. The molecule has 1 saturated carbocycles. The van der Waals surface area contributed by atoms with Gasteiger partial charge in [0.05, 0.1) is 12.7 Å². The third kappa shape index (κ3) is 2.00. The summed E-state index contributed by atoms with van der Waals surface area (Å²) in [5.41, 5.74) is 6.67. The van der Waals surface area contributed by atoms with Crippen molar-refractivity contribution in [1.82, 2.24) is 19.5 Å². The van der Waals surface area contributed by atoms with E-state index in [1.165, 1.54) is 6.33 Å². The lowest BCUT2D eigenvalue weighted by Gasteiger charge is -2.01. The Kier molecular flexibility index (Phi) is 2.61. The summed E-state index contributed by atoms with van der Waals surface area (Å²) in [5, 5.41) is 18.4. The predicted molar refractivity (Wildman–Crippen MR) is 68.0 cm³/mol. The summed E-state index contributed by atoms with van der Waals surface area (Å²) in [7, 11) is 0. The van der Waals surface area contributed by atoms with E-state index in [0.717, 1.165) is 5.57 Å². The SMILES string of the molecule is Nc1nc2c(ncn2/C=C2/C[C@@H]2[C@@H](O)CO)c(=O)[nH]1. The zero-order chi connectivity index (χ0) is 13.6. The smallest absolute Gasteiger partial charge is 0.280 e. The minimum atomic E-state index is -0.748. The molecule has 2 atom stereocenters. The zero-order valence-corrected chi connectivity index (χ0v) is 9.95. The van der Waals surface area contributed by atoms with Gasteiger partial charge >= 0.3 is 0 Å². The van der Waals surface area contributed by atoms with Crippen LogP contribution in [0.5, 0.6) is 0 Å². The quantitative estimate of drug-likeness (QED) is 0.557. The fourth-order valence-electron chi connectivity index (χ4n) is 2.07. The maximum Gasteiger partial charge on any atom is 0.280 e. The van der Waals surface area contributed by atoms with Crippen molar-refractivity contribution in [3.8, 4) is 0 Å². The molecule has 8 heteroatoms. The maximum absolute atomic E-state index is 11.6. The largest absolute Gasteiger partial charge is 0.394 e. The summed E-state index contributed by atoms with van der Waals surface area (Å²) < 4.78 is 1.60. The van der Waals surface area contributed by atoms with Gasteiger partial charge in [0.1, 0.15) is 6.33 Å². The van der Waals surface area contributed by atoms with Crippen LogP contribution in [0.1, 0.15) is 6.42 Å². The van der Waals surface area contributed by atoms with Gasteiger partial charge in [0.2, 0.25) is 5.95 Å². The van der Waals surface area contributed by atoms with Crippen LogP contribution in [0.4, 0.5) is 5.95 Å². The van der Waals surface area contributed by atoms with Crippen LogP contribution in [0, 0.1) is 5.92 Å². The number of hydrogen-bond donors (Lipinski definition) is 4. The van der Waals surface area contributed by atoms with Crippen LogP contribution in [0.3, 0.4) is 0 Å². The van der Waals surface area contributed by atoms with E-state index in [0.29, 0.717) is 12.1 Å². The van der Waals surface area contributed by atoms with Gasteiger partial charge in [0, 0.05) is 12.1 Å². The van der Waals surface area contributed by atoms with Crippen LogP contribution < -0.4 is 11.3 Å². The molecule has 0 radical (unpaired) electrons. The highest BCUT2D eigenvalue weighted by Crippen LogP contribution is 2.41. The van der Waals surface area contributed by atoms with E-state index in [9.17, 15) is 9.90 Å². The third-order valence-electron chi connectivity index (χ3n) is 3.18. The average Bonchev–Trinajstić information content (AvgIpc) is 3.02. The van der Waals surface area contributed by atoms with Crippen LogP contribution in [0.2, 0.25) is 0 Å². The Morgan fingerprint density at radius 3 is 3.21 bits per heavy atom. The highest BCUT2D eigenvalue weighted by atomic mass is 16.3. The van der Waals surface area contributed by atoms with Crippen molar-refractivity contribution in [2.45, 2.75) is 12.5 Å². The molecule has 0 aliphatic heterocycles. The minimum Gasteiger partial charge on any atom is -0.394 e. The third-order valence-corrected chi connectivity index (χ3v) is 3.18. The molecule has 0 spiro atoms. The number of aromatic nitrogens is 4. The summed E-state index contributed by atoms with van der Waals surface area (Å²) in [6.45, 7) is -0.266. The molecule has 0 aromatic carbocycles.